The summed E-state index contributed by atoms with van der Waals surface area (Å²) in [6, 6.07) is 1.86. The Bertz CT molecular complexity index is 467. The van der Waals surface area contributed by atoms with E-state index in [-0.39, 0.29) is 6.42 Å². The Morgan fingerprint density at radius 2 is 2.44 bits per heavy atom. The Balaban J connectivity index is 2.08. The van der Waals surface area contributed by atoms with Gasteiger partial charge in [-0.15, -0.1) is 11.3 Å². The summed E-state index contributed by atoms with van der Waals surface area (Å²) in [4.78, 5) is 14.4. The minimum Gasteiger partial charge on any atom is -0.550 e. The van der Waals surface area contributed by atoms with E-state index in [1.165, 1.54) is 11.3 Å². The van der Waals surface area contributed by atoms with Crippen LogP contribution in [-0.4, -0.2) is 16.1 Å². The molecule has 0 aromatic carbocycles. The molecule has 0 bridgehead atoms. The summed E-state index contributed by atoms with van der Waals surface area (Å²) in [5.74, 6) is -1.07. The minimum atomic E-state index is -1.07. The Morgan fingerprint density at radius 1 is 1.56 bits per heavy atom. The molecule has 2 heterocycles. The molecule has 2 rings (SSSR count). The topological polar surface area (TPSA) is 69.8 Å². The highest BCUT2D eigenvalue weighted by Crippen LogP contribution is 2.18. The number of rotatable bonds is 4. The first-order valence-corrected chi connectivity index (χ1v) is 5.59. The molecule has 5 nitrogen and oxygen atoms in total. The first kappa shape index (κ1) is 10.7. The zero-order valence-corrected chi connectivity index (χ0v) is 9.18. The first-order chi connectivity index (χ1) is 7.75. The van der Waals surface area contributed by atoms with E-state index in [0.29, 0.717) is 6.54 Å². The zero-order valence-electron chi connectivity index (χ0n) is 8.37. The average Bonchev–Trinajstić information content (AvgIpc) is 2.80. The SMILES string of the molecule is O=C([O-])CC[n+]1ccc(-c2nccs2)cn1. The van der Waals surface area contributed by atoms with Gasteiger partial charge in [-0.05, 0) is 5.10 Å². The first-order valence-electron chi connectivity index (χ1n) is 4.71. The number of thiazole rings is 1. The van der Waals surface area contributed by atoms with Crippen LogP contribution in [0, 0.1) is 0 Å². The van der Waals surface area contributed by atoms with Crippen molar-refractivity contribution in [2.75, 3.05) is 0 Å². The summed E-state index contributed by atoms with van der Waals surface area (Å²) in [5, 5.41) is 17.2. The van der Waals surface area contributed by atoms with Gasteiger partial charge in [0.1, 0.15) is 11.2 Å². The van der Waals surface area contributed by atoms with Gasteiger partial charge in [-0.1, -0.05) is 4.68 Å². The fourth-order valence-electron chi connectivity index (χ4n) is 1.21. The number of aryl methyl sites for hydroxylation is 1. The third-order valence-corrected chi connectivity index (χ3v) is 2.82. The number of aliphatic carboxylic acids is 1. The van der Waals surface area contributed by atoms with E-state index in [4.69, 9.17) is 0 Å². The summed E-state index contributed by atoms with van der Waals surface area (Å²) < 4.78 is 1.56. The third-order valence-electron chi connectivity index (χ3n) is 2.00. The van der Waals surface area contributed by atoms with Crippen molar-refractivity contribution in [3.8, 4) is 10.6 Å². The van der Waals surface area contributed by atoms with Gasteiger partial charge in [-0.25, -0.2) is 4.98 Å². The molecule has 0 spiro atoms. The Morgan fingerprint density at radius 3 is 3.00 bits per heavy atom. The van der Waals surface area contributed by atoms with Crippen molar-refractivity contribution < 1.29 is 14.6 Å². The largest absolute Gasteiger partial charge is 0.550 e. The number of carbonyl (C=O) groups excluding carboxylic acids is 1. The van der Waals surface area contributed by atoms with Gasteiger partial charge < -0.3 is 9.90 Å². The highest BCUT2D eigenvalue weighted by atomic mass is 32.1. The third kappa shape index (κ3) is 2.60. The van der Waals surface area contributed by atoms with Crippen LogP contribution in [0.1, 0.15) is 6.42 Å². The molecule has 0 unspecified atom stereocenters. The number of hydrogen-bond acceptors (Lipinski definition) is 5. The molecule has 82 valence electrons. The predicted molar refractivity (Wildman–Crippen MR) is 55.2 cm³/mol. The molecule has 0 aliphatic rings. The maximum Gasteiger partial charge on any atom is 0.197 e. The number of hydrogen-bond donors (Lipinski definition) is 0. The van der Waals surface area contributed by atoms with Crippen LogP contribution in [0.15, 0.2) is 30.0 Å². The quantitative estimate of drug-likeness (QED) is 0.678. The van der Waals surface area contributed by atoms with Gasteiger partial charge >= 0.3 is 0 Å². The Kier molecular flexibility index (Phi) is 3.21. The second-order valence-electron chi connectivity index (χ2n) is 3.14. The van der Waals surface area contributed by atoms with E-state index < -0.39 is 5.97 Å². The van der Waals surface area contributed by atoms with Crippen molar-refractivity contribution in [3.63, 3.8) is 0 Å². The maximum absolute atomic E-state index is 10.3. The van der Waals surface area contributed by atoms with E-state index in [9.17, 15) is 9.90 Å². The minimum absolute atomic E-state index is 0.0335. The number of carboxylic acid groups (broad SMARTS) is 1. The van der Waals surface area contributed by atoms with Crippen LogP contribution in [0.2, 0.25) is 0 Å². The van der Waals surface area contributed by atoms with Crippen LogP contribution in [0.4, 0.5) is 0 Å². The molecule has 0 saturated heterocycles. The van der Waals surface area contributed by atoms with Crippen LogP contribution in [0.3, 0.4) is 0 Å². The number of carbonyl (C=O) groups is 1. The van der Waals surface area contributed by atoms with E-state index in [0.717, 1.165) is 10.6 Å². The van der Waals surface area contributed by atoms with Gasteiger partial charge in [0.05, 0.1) is 0 Å². The molecule has 0 atom stereocenters. The summed E-state index contributed by atoms with van der Waals surface area (Å²) >= 11 is 1.54. The van der Waals surface area contributed by atoms with Gasteiger partial charge in [-0.3, -0.25) is 0 Å². The van der Waals surface area contributed by atoms with Crippen molar-refractivity contribution in [2.45, 2.75) is 13.0 Å². The van der Waals surface area contributed by atoms with Gasteiger partial charge in [0, 0.05) is 35.6 Å². The standard InChI is InChI=1S/C10H9N3O2S/c14-9(15)2-5-13-4-1-8(7-12-13)10-11-3-6-16-10/h1,3-4,6-7H,2,5H2. The number of aromatic nitrogens is 3. The molecule has 2 aromatic rings. The molecule has 2 aromatic heterocycles. The van der Waals surface area contributed by atoms with Gasteiger partial charge in [0.15, 0.2) is 12.7 Å². The van der Waals surface area contributed by atoms with Crippen molar-refractivity contribution in [2.24, 2.45) is 0 Å². The van der Waals surface area contributed by atoms with Gasteiger partial charge in [0.25, 0.3) is 0 Å². The second-order valence-corrected chi connectivity index (χ2v) is 4.03. The zero-order chi connectivity index (χ0) is 11.4. The number of carboxylic acids is 1. The van der Waals surface area contributed by atoms with Crippen LogP contribution in [0.25, 0.3) is 10.6 Å². The Labute approximate surface area is 96.0 Å². The van der Waals surface area contributed by atoms with Crippen LogP contribution >= 0.6 is 11.3 Å². The smallest absolute Gasteiger partial charge is 0.197 e. The fourth-order valence-corrected chi connectivity index (χ4v) is 1.84. The molecule has 16 heavy (non-hydrogen) atoms. The molecular weight excluding hydrogens is 226 g/mol. The van der Waals surface area contributed by atoms with Gasteiger partial charge in [0.2, 0.25) is 0 Å². The van der Waals surface area contributed by atoms with Crippen molar-refractivity contribution >= 4 is 17.3 Å². The second kappa shape index (κ2) is 4.80. The summed E-state index contributed by atoms with van der Waals surface area (Å²) in [7, 11) is 0. The molecule has 0 aliphatic heterocycles. The lowest BCUT2D eigenvalue weighted by Crippen LogP contribution is -2.40. The Hall–Kier alpha value is -1.82. The fraction of sp³-hybridized carbons (Fsp3) is 0.200. The van der Waals surface area contributed by atoms with Crippen molar-refractivity contribution in [3.05, 3.63) is 30.0 Å². The van der Waals surface area contributed by atoms with Crippen LogP contribution in [-0.2, 0) is 11.3 Å². The number of nitrogens with zero attached hydrogens (tertiary/aromatic N) is 3. The lowest BCUT2D eigenvalue weighted by molar-refractivity contribution is -0.753. The molecule has 0 fully saturated rings. The lowest BCUT2D eigenvalue weighted by Gasteiger charge is -1.97. The lowest BCUT2D eigenvalue weighted by atomic mass is 10.3. The normalized spacial score (nSPS) is 10.2. The van der Waals surface area contributed by atoms with Crippen molar-refractivity contribution in [1.29, 1.82) is 0 Å². The summed E-state index contributed by atoms with van der Waals surface area (Å²) in [6.07, 6.45) is 5.11. The van der Waals surface area contributed by atoms with E-state index in [1.807, 2.05) is 11.4 Å². The molecular formula is C10H9N3O2S. The van der Waals surface area contributed by atoms with Gasteiger partial charge in [-0.2, -0.15) is 0 Å². The van der Waals surface area contributed by atoms with E-state index in [1.54, 1.807) is 23.3 Å². The van der Waals surface area contributed by atoms with E-state index >= 15 is 0 Å². The average molecular weight is 235 g/mol. The van der Waals surface area contributed by atoms with Crippen LogP contribution < -0.4 is 9.79 Å². The highest BCUT2D eigenvalue weighted by molar-refractivity contribution is 7.13. The molecule has 0 aliphatic carbocycles. The molecule has 0 N–H and O–H groups in total. The summed E-state index contributed by atoms with van der Waals surface area (Å²) in [5.41, 5.74) is 0.930. The molecule has 0 saturated carbocycles. The molecule has 0 amide bonds. The highest BCUT2D eigenvalue weighted by Gasteiger charge is 2.05. The monoisotopic (exact) mass is 235 g/mol. The molecule has 0 radical (unpaired) electrons. The molecule has 6 heteroatoms. The van der Waals surface area contributed by atoms with E-state index in [2.05, 4.69) is 10.1 Å². The maximum atomic E-state index is 10.3. The predicted octanol–water partition coefficient (Wildman–Crippen LogP) is -0.367. The van der Waals surface area contributed by atoms with Crippen LogP contribution in [0.5, 0.6) is 0 Å². The summed E-state index contributed by atoms with van der Waals surface area (Å²) in [6.45, 7) is 0.320. The van der Waals surface area contributed by atoms with Crippen molar-refractivity contribution in [1.82, 2.24) is 10.1 Å².